The monoisotopic (exact) mass is 675 g/mol. The van der Waals surface area contributed by atoms with Crippen LogP contribution in [0.4, 0.5) is 8.78 Å². The number of carboxylic acid groups (broad SMARTS) is 1. The van der Waals surface area contributed by atoms with Crippen molar-refractivity contribution >= 4 is 23.6 Å². The standard InChI is InChI=1S/C33H39F2N3O10/c1-16-20(28(33(47)48)38-27(16)24(17(2)39)32(38)46)15-37(14-6-12-36-31(45)19-9-11-23(42)30(44)26(19)35)13-5-3-4-7-21(40)18-8-10-22(41)29(43)25(18)34/h8-11,16-17,24,27,39,41-44H,3-7,12-15H2,1-2H3,(H,36,45)(H,47,48)/t16-,17+,24+,27+/m0/s1. The molecule has 0 aliphatic carbocycles. The lowest BCUT2D eigenvalue weighted by Gasteiger charge is -2.46. The van der Waals surface area contributed by atoms with Gasteiger partial charge in [-0.2, -0.15) is 0 Å². The van der Waals surface area contributed by atoms with Gasteiger partial charge < -0.3 is 40.9 Å². The highest BCUT2D eigenvalue weighted by Gasteiger charge is 2.59. The number of aliphatic hydroxyl groups excluding tert-OH is 1. The van der Waals surface area contributed by atoms with E-state index in [4.69, 9.17) is 0 Å². The number of hydrogen-bond donors (Lipinski definition) is 7. The highest BCUT2D eigenvalue weighted by atomic mass is 19.1. The molecule has 2 aliphatic rings. The fraction of sp³-hybridized carbons (Fsp3) is 0.455. The zero-order valence-corrected chi connectivity index (χ0v) is 26.4. The van der Waals surface area contributed by atoms with Gasteiger partial charge in [-0.25, -0.2) is 13.6 Å². The van der Waals surface area contributed by atoms with Gasteiger partial charge in [-0.15, -0.1) is 0 Å². The molecule has 4 atom stereocenters. The third-order valence-corrected chi connectivity index (χ3v) is 8.96. The molecule has 0 radical (unpaired) electrons. The van der Waals surface area contributed by atoms with Crippen molar-refractivity contribution in [2.24, 2.45) is 11.8 Å². The predicted molar refractivity (Wildman–Crippen MR) is 165 cm³/mol. The minimum Gasteiger partial charge on any atom is -0.504 e. The lowest BCUT2D eigenvalue weighted by Crippen LogP contribution is -2.63. The summed E-state index contributed by atoms with van der Waals surface area (Å²) in [7, 11) is 0. The number of Topliss-reactive ketones (excluding diaryl/α,β-unsaturated/α-hetero) is 1. The second-order valence-electron chi connectivity index (χ2n) is 12.1. The molecule has 0 spiro atoms. The Morgan fingerprint density at radius 3 is 2.10 bits per heavy atom. The van der Waals surface area contributed by atoms with E-state index in [1.165, 1.54) is 11.8 Å². The quantitative estimate of drug-likeness (QED) is 0.0596. The van der Waals surface area contributed by atoms with Gasteiger partial charge in [0.1, 0.15) is 5.70 Å². The topological polar surface area (TPSA) is 208 Å². The summed E-state index contributed by atoms with van der Waals surface area (Å²) in [4.78, 5) is 53.2. The first-order valence-electron chi connectivity index (χ1n) is 15.6. The molecule has 0 saturated carbocycles. The Morgan fingerprint density at radius 2 is 1.50 bits per heavy atom. The van der Waals surface area contributed by atoms with E-state index in [0.717, 1.165) is 24.3 Å². The Kier molecular flexibility index (Phi) is 11.3. The number of β-lactam (4-membered cyclic amide) rings is 1. The number of aliphatic carboxylic acids is 1. The van der Waals surface area contributed by atoms with Crippen LogP contribution < -0.4 is 5.32 Å². The predicted octanol–water partition coefficient (Wildman–Crippen LogP) is 2.85. The number of carbonyl (C=O) groups excluding carboxylic acids is 3. The number of fused-ring (bicyclic) bond motifs is 1. The first-order valence-corrected chi connectivity index (χ1v) is 15.6. The molecule has 0 unspecified atom stereocenters. The van der Waals surface area contributed by atoms with E-state index in [-0.39, 0.29) is 36.7 Å². The molecule has 2 heterocycles. The molecule has 48 heavy (non-hydrogen) atoms. The molecule has 0 aromatic heterocycles. The maximum absolute atomic E-state index is 14.3. The summed E-state index contributed by atoms with van der Waals surface area (Å²) in [5, 5.41) is 60.8. The molecule has 1 fully saturated rings. The molecule has 1 saturated heterocycles. The van der Waals surface area contributed by atoms with Gasteiger partial charge in [0, 0.05) is 32.0 Å². The van der Waals surface area contributed by atoms with E-state index in [9.17, 15) is 58.6 Å². The zero-order chi connectivity index (χ0) is 35.4. The first-order chi connectivity index (χ1) is 22.7. The molecule has 2 aromatic carbocycles. The van der Waals surface area contributed by atoms with Crippen molar-refractivity contribution in [1.82, 2.24) is 15.1 Å². The molecule has 260 valence electrons. The normalized spacial score (nSPS) is 19.3. The van der Waals surface area contributed by atoms with Crippen LogP contribution in [0.2, 0.25) is 0 Å². The summed E-state index contributed by atoms with van der Waals surface area (Å²) >= 11 is 0. The van der Waals surface area contributed by atoms with Crippen LogP contribution in [0.5, 0.6) is 23.0 Å². The van der Waals surface area contributed by atoms with Crippen molar-refractivity contribution in [1.29, 1.82) is 0 Å². The van der Waals surface area contributed by atoms with Gasteiger partial charge >= 0.3 is 5.97 Å². The third kappa shape index (κ3) is 7.21. The molecule has 2 amide bonds. The number of halogens is 2. The van der Waals surface area contributed by atoms with Gasteiger partial charge in [0.2, 0.25) is 5.91 Å². The van der Waals surface area contributed by atoms with Crippen LogP contribution in [0.1, 0.15) is 66.7 Å². The number of hydrogen-bond acceptors (Lipinski definition) is 10. The number of aromatic hydroxyl groups is 4. The van der Waals surface area contributed by atoms with Gasteiger partial charge in [-0.1, -0.05) is 13.3 Å². The minimum absolute atomic E-state index is 0.0264. The van der Waals surface area contributed by atoms with Crippen molar-refractivity contribution < 1.29 is 58.6 Å². The number of aliphatic hydroxyl groups is 1. The van der Waals surface area contributed by atoms with E-state index >= 15 is 0 Å². The van der Waals surface area contributed by atoms with E-state index in [1.807, 2.05) is 4.90 Å². The largest absolute Gasteiger partial charge is 0.504 e. The number of phenolic OH excluding ortho intramolecular Hbond substituents is 4. The van der Waals surface area contributed by atoms with Crippen molar-refractivity contribution in [3.05, 3.63) is 58.3 Å². The van der Waals surface area contributed by atoms with E-state index in [1.54, 1.807) is 6.92 Å². The molecule has 7 N–H and O–H groups in total. The van der Waals surface area contributed by atoms with Crippen LogP contribution in [-0.2, 0) is 9.59 Å². The number of nitrogens with one attached hydrogen (secondary N) is 1. The summed E-state index contributed by atoms with van der Waals surface area (Å²) in [5.41, 5.74) is -0.418. The zero-order valence-electron chi connectivity index (χ0n) is 26.4. The number of benzene rings is 2. The Bertz CT molecular complexity index is 1630. The summed E-state index contributed by atoms with van der Waals surface area (Å²) < 4.78 is 28.5. The van der Waals surface area contributed by atoms with Gasteiger partial charge in [-0.3, -0.25) is 19.3 Å². The van der Waals surface area contributed by atoms with Crippen molar-refractivity contribution in [3.8, 4) is 23.0 Å². The van der Waals surface area contributed by atoms with Gasteiger partial charge in [-0.05, 0) is 62.6 Å². The summed E-state index contributed by atoms with van der Waals surface area (Å²) in [6.45, 7) is 4.27. The number of amides is 2. The molecule has 2 aromatic rings. The summed E-state index contributed by atoms with van der Waals surface area (Å²) in [6, 6.07) is 3.64. The molecule has 0 bridgehead atoms. The number of rotatable bonds is 16. The van der Waals surface area contributed by atoms with Crippen LogP contribution in [0, 0.1) is 23.5 Å². The fourth-order valence-electron chi connectivity index (χ4n) is 6.40. The Labute approximate surface area is 274 Å². The maximum Gasteiger partial charge on any atom is 0.352 e. The minimum atomic E-state index is -1.27. The summed E-state index contributed by atoms with van der Waals surface area (Å²) in [5.74, 6) is -10.1. The molecule has 4 rings (SSSR count). The number of carbonyl (C=O) groups is 4. The Hall–Kier alpha value is -4.76. The molecule has 2 aliphatic heterocycles. The second-order valence-corrected chi connectivity index (χ2v) is 12.1. The summed E-state index contributed by atoms with van der Waals surface area (Å²) in [6.07, 6.45) is 0.777. The van der Waals surface area contributed by atoms with Crippen molar-refractivity contribution in [2.75, 3.05) is 26.2 Å². The van der Waals surface area contributed by atoms with Crippen LogP contribution in [0.15, 0.2) is 35.5 Å². The first kappa shape index (κ1) is 36.1. The highest BCUT2D eigenvalue weighted by molar-refractivity contribution is 6.00. The molecular formula is C33H39F2N3O10. The van der Waals surface area contributed by atoms with E-state index in [0.29, 0.717) is 44.3 Å². The van der Waals surface area contributed by atoms with Crippen LogP contribution in [-0.4, -0.2) is 102 Å². The lowest BCUT2D eigenvalue weighted by atomic mass is 9.77. The number of carboxylic acids is 1. The van der Waals surface area contributed by atoms with Crippen LogP contribution in [0.3, 0.4) is 0 Å². The number of nitrogens with zero attached hydrogens (tertiary/aromatic N) is 2. The average Bonchev–Trinajstić information content (AvgIpc) is 3.27. The SMILES string of the molecule is C[C@@H](O)[C@H]1C(=O)N2C(C(=O)O)=C(CN(CCCCCC(=O)c3ccc(O)c(O)c3F)CCCNC(=O)c3ccc(O)c(O)c3F)[C@H](C)[C@H]12. The molecule has 15 heteroatoms. The second kappa shape index (κ2) is 15.0. The molecular weight excluding hydrogens is 636 g/mol. The van der Waals surface area contributed by atoms with Gasteiger partial charge in [0.05, 0.1) is 29.2 Å². The Morgan fingerprint density at radius 1 is 0.917 bits per heavy atom. The number of unbranched alkanes of at least 4 members (excludes halogenated alkanes) is 2. The lowest BCUT2D eigenvalue weighted by molar-refractivity contribution is -0.163. The highest BCUT2D eigenvalue weighted by Crippen LogP contribution is 2.47. The van der Waals surface area contributed by atoms with Crippen LogP contribution in [0.25, 0.3) is 0 Å². The van der Waals surface area contributed by atoms with Gasteiger partial charge in [0.15, 0.2) is 40.4 Å². The van der Waals surface area contributed by atoms with Crippen molar-refractivity contribution in [3.63, 3.8) is 0 Å². The van der Waals surface area contributed by atoms with E-state index in [2.05, 4.69) is 5.32 Å². The molecule has 13 nitrogen and oxygen atoms in total. The maximum atomic E-state index is 14.3. The van der Waals surface area contributed by atoms with Crippen molar-refractivity contribution in [2.45, 2.75) is 58.1 Å². The third-order valence-electron chi connectivity index (χ3n) is 8.96. The number of ketones is 1. The number of phenols is 4. The van der Waals surface area contributed by atoms with E-state index < -0.39 is 81.8 Å². The smallest absolute Gasteiger partial charge is 0.352 e. The average molecular weight is 676 g/mol. The van der Waals surface area contributed by atoms with Crippen LogP contribution >= 0.6 is 0 Å². The Balaban J connectivity index is 1.40. The fourth-order valence-corrected chi connectivity index (χ4v) is 6.40. The van der Waals surface area contributed by atoms with Gasteiger partial charge in [0.25, 0.3) is 5.91 Å².